The number of amides is 1. The molecule has 0 aliphatic carbocycles. The summed E-state index contributed by atoms with van der Waals surface area (Å²) >= 11 is 0. The van der Waals surface area contributed by atoms with Gasteiger partial charge in [0.05, 0.1) is 38.9 Å². The monoisotopic (exact) mass is 303 g/mol. The molecule has 2 N–H and O–H groups in total. The summed E-state index contributed by atoms with van der Waals surface area (Å²) in [5, 5.41) is 5.66. The van der Waals surface area contributed by atoms with E-state index in [4.69, 9.17) is 9.47 Å². The van der Waals surface area contributed by atoms with E-state index in [0.29, 0.717) is 23.0 Å². The van der Waals surface area contributed by atoms with Gasteiger partial charge in [-0.05, 0) is 24.3 Å². The molecule has 0 spiro atoms. The van der Waals surface area contributed by atoms with E-state index in [1.807, 2.05) is 0 Å². The molecule has 7 nitrogen and oxygen atoms in total. The minimum absolute atomic E-state index is 0.537. The van der Waals surface area contributed by atoms with Crippen LogP contribution >= 0.6 is 0 Å². The highest BCUT2D eigenvalue weighted by atomic mass is 16.5. The Hall–Kier alpha value is -2.96. The molecule has 2 rings (SSSR count). The molecule has 0 radical (unpaired) electrons. The molecule has 0 aliphatic rings. The molecule has 0 bridgehead atoms. The number of methoxy groups -OCH3 is 3. The van der Waals surface area contributed by atoms with E-state index < -0.39 is 6.09 Å². The van der Waals surface area contributed by atoms with Gasteiger partial charge in [0.2, 0.25) is 0 Å². The zero-order valence-corrected chi connectivity index (χ0v) is 12.5. The lowest BCUT2D eigenvalue weighted by Crippen LogP contribution is -2.11. The molecule has 1 amide bonds. The lowest BCUT2D eigenvalue weighted by atomic mass is 10.2. The van der Waals surface area contributed by atoms with Crippen molar-refractivity contribution in [2.45, 2.75) is 0 Å². The van der Waals surface area contributed by atoms with Crippen LogP contribution in [0, 0.1) is 0 Å². The largest absolute Gasteiger partial charge is 0.497 e. The number of nitrogens with zero attached hydrogens (tertiary/aromatic N) is 1. The first kappa shape index (κ1) is 15.4. The Bertz CT molecular complexity index is 644. The summed E-state index contributed by atoms with van der Waals surface area (Å²) in [5.41, 5.74) is 1.26. The van der Waals surface area contributed by atoms with E-state index >= 15 is 0 Å². The van der Waals surface area contributed by atoms with Crippen LogP contribution in [0.4, 0.5) is 22.0 Å². The first-order valence-corrected chi connectivity index (χ1v) is 6.46. The van der Waals surface area contributed by atoms with Crippen molar-refractivity contribution in [3.63, 3.8) is 0 Å². The second kappa shape index (κ2) is 7.16. The molecule has 0 fully saturated rings. The number of carbonyl (C=O) groups excluding carboxylic acids is 1. The first-order chi connectivity index (χ1) is 10.7. The van der Waals surface area contributed by atoms with E-state index in [2.05, 4.69) is 20.4 Å². The molecule has 1 aromatic carbocycles. The summed E-state index contributed by atoms with van der Waals surface area (Å²) in [4.78, 5) is 15.3. The molecule has 0 aliphatic heterocycles. The fraction of sp³-hybridized carbons (Fsp3) is 0.200. The van der Waals surface area contributed by atoms with Gasteiger partial charge in [0.15, 0.2) is 0 Å². The molecular formula is C15H17N3O4. The standard InChI is InChI=1S/C15H17N3O4/c1-20-11-5-6-13(21-2)12(8-11)18-14-7-4-10(9-16-14)17-15(19)22-3/h4-9H,1-3H3,(H,16,18)(H,17,19). The second-order valence-electron chi connectivity index (χ2n) is 4.24. The van der Waals surface area contributed by atoms with Crippen molar-refractivity contribution in [3.8, 4) is 11.5 Å². The van der Waals surface area contributed by atoms with E-state index in [-0.39, 0.29) is 0 Å². The number of benzene rings is 1. The van der Waals surface area contributed by atoms with E-state index in [0.717, 1.165) is 5.69 Å². The molecule has 0 saturated carbocycles. The van der Waals surface area contributed by atoms with Crippen molar-refractivity contribution in [2.24, 2.45) is 0 Å². The Labute approximate surface area is 128 Å². The van der Waals surface area contributed by atoms with E-state index in [9.17, 15) is 4.79 Å². The van der Waals surface area contributed by atoms with Crippen molar-refractivity contribution in [2.75, 3.05) is 32.0 Å². The van der Waals surface area contributed by atoms with Crippen LogP contribution in [0.25, 0.3) is 0 Å². The second-order valence-corrected chi connectivity index (χ2v) is 4.24. The summed E-state index contributed by atoms with van der Waals surface area (Å²) in [7, 11) is 4.48. The topological polar surface area (TPSA) is 81.7 Å². The molecule has 0 unspecified atom stereocenters. The van der Waals surface area contributed by atoms with Gasteiger partial charge in [-0.1, -0.05) is 0 Å². The van der Waals surface area contributed by atoms with Gasteiger partial charge < -0.3 is 19.5 Å². The van der Waals surface area contributed by atoms with Gasteiger partial charge in [0.25, 0.3) is 0 Å². The first-order valence-electron chi connectivity index (χ1n) is 6.46. The van der Waals surface area contributed by atoms with Crippen LogP contribution in [0.1, 0.15) is 0 Å². The molecule has 0 saturated heterocycles. The molecule has 7 heteroatoms. The number of hydrogen-bond donors (Lipinski definition) is 2. The Morgan fingerprint density at radius 1 is 1.09 bits per heavy atom. The van der Waals surface area contributed by atoms with Crippen LogP contribution in [0.15, 0.2) is 36.5 Å². The predicted molar refractivity (Wildman–Crippen MR) is 83.1 cm³/mol. The molecule has 0 atom stereocenters. The average Bonchev–Trinajstić information content (AvgIpc) is 2.56. The number of aromatic nitrogens is 1. The maximum Gasteiger partial charge on any atom is 0.411 e. The predicted octanol–water partition coefficient (Wildman–Crippen LogP) is 3.02. The number of ether oxygens (including phenoxy) is 3. The molecule has 116 valence electrons. The smallest absolute Gasteiger partial charge is 0.411 e. The zero-order chi connectivity index (χ0) is 15.9. The van der Waals surface area contributed by atoms with Gasteiger partial charge in [0, 0.05) is 6.07 Å². The van der Waals surface area contributed by atoms with Crippen LogP contribution in [-0.2, 0) is 4.74 Å². The quantitative estimate of drug-likeness (QED) is 0.883. The molecule has 1 heterocycles. The minimum atomic E-state index is -0.544. The maximum atomic E-state index is 11.1. The third kappa shape index (κ3) is 3.78. The Balaban J connectivity index is 2.15. The van der Waals surface area contributed by atoms with Crippen molar-refractivity contribution < 1.29 is 19.0 Å². The lowest BCUT2D eigenvalue weighted by Gasteiger charge is -2.12. The highest BCUT2D eigenvalue weighted by Gasteiger charge is 2.07. The number of pyridine rings is 1. The number of rotatable bonds is 5. The average molecular weight is 303 g/mol. The highest BCUT2D eigenvalue weighted by Crippen LogP contribution is 2.31. The fourth-order valence-electron chi connectivity index (χ4n) is 1.76. The molecule has 1 aromatic heterocycles. The number of anilines is 3. The van der Waals surface area contributed by atoms with Crippen molar-refractivity contribution in [1.82, 2.24) is 4.98 Å². The van der Waals surface area contributed by atoms with Gasteiger partial charge in [-0.15, -0.1) is 0 Å². The van der Waals surface area contributed by atoms with Crippen LogP contribution in [0.2, 0.25) is 0 Å². The van der Waals surface area contributed by atoms with Gasteiger partial charge in [0.1, 0.15) is 17.3 Å². The molecule has 2 aromatic rings. The summed E-state index contributed by atoms with van der Waals surface area (Å²) in [6.07, 6.45) is 0.975. The van der Waals surface area contributed by atoms with Crippen LogP contribution < -0.4 is 20.1 Å². The number of hydrogen-bond acceptors (Lipinski definition) is 6. The maximum absolute atomic E-state index is 11.1. The normalized spacial score (nSPS) is 9.77. The van der Waals surface area contributed by atoms with E-state index in [1.165, 1.54) is 13.3 Å². The lowest BCUT2D eigenvalue weighted by molar-refractivity contribution is 0.187. The van der Waals surface area contributed by atoms with Crippen molar-refractivity contribution in [3.05, 3.63) is 36.5 Å². The number of nitrogens with one attached hydrogen (secondary N) is 2. The zero-order valence-electron chi connectivity index (χ0n) is 12.5. The van der Waals surface area contributed by atoms with Gasteiger partial charge in [-0.25, -0.2) is 9.78 Å². The van der Waals surface area contributed by atoms with Crippen LogP contribution in [0.3, 0.4) is 0 Å². The van der Waals surface area contributed by atoms with Crippen molar-refractivity contribution in [1.29, 1.82) is 0 Å². The van der Waals surface area contributed by atoms with Gasteiger partial charge >= 0.3 is 6.09 Å². The summed E-state index contributed by atoms with van der Waals surface area (Å²) < 4.78 is 15.0. The summed E-state index contributed by atoms with van der Waals surface area (Å²) in [6.45, 7) is 0. The third-order valence-electron chi connectivity index (χ3n) is 2.86. The number of carbonyl (C=O) groups is 1. The highest BCUT2D eigenvalue weighted by molar-refractivity contribution is 5.84. The SMILES string of the molecule is COC(=O)Nc1ccc(Nc2cc(OC)ccc2OC)nc1. The third-order valence-corrected chi connectivity index (χ3v) is 2.86. The van der Waals surface area contributed by atoms with Crippen LogP contribution in [-0.4, -0.2) is 32.4 Å². The molecule has 22 heavy (non-hydrogen) atoms. The fourth-order valence-corrected chi connectivity index (χ4v) is 1.76. The summed E-state index contributed by atoms with van der Waals surface area (Å²) in [6, 6.07) is 8.85. The van der Waals surface area contributed by atoms with Crippen molar-refractivity contribution >= 4 is 23.3 Å². The van der Waals surface area contributed by atoms with Gasteiger partial charge in [-0.2, -0.15) is 0 Å². The molecular weight excluding hydrogens is 286 g/mol. The van der Waals surface area contributed by atoms with Crippen LogP contribution in [0.5, 0.6) is 11.5 Å². The minimum Gasteiger partial charge on any atom is -0.497 e. The Morgan fingerprint density at radius 3 is 2.50 bits per heavy atom. The van der Waals surface area contributed by atoms with E-state index in [1.54, 1.807) is 44.6 Å². The summed E-state index contributed by atoms with van der Waals surface area (Å²) in [5.74, 6) is 1.97. The van der Waals surface area contributed by atoms with Gasteiger partial charge in [-0.3, -0.25) is 5.32 Å². The Morgan fingerprint density at radius 2 is 1.91 bits per heavy atom. The Kier molecular flexibility index (Phi) is 5.02.